The van der Waals surface area contributed by atoms with Crippen LogP contribution in [-0.4, -0.2) is 43.3 Å². The second-order valence-corrected chi connectivity index (χ2v) is 9.65. The lowest BCUT2D eigenvalue weighted by Crippen LogP contribution is -2.19. The first-order valence-corrected chi connectivity index (χ1v) is 12.1. The number of benzene rings is 1. The first-order chi connectivity index (χ1) is 17.4. The summed E-state index contributed by atoms with van der Waals surface area (Å²) < 4.78 is 7.46. The monoisotopic (exact) mass is 507 g/mol. The van der Waals surface area contributed by atoms with Gasteiger partial charge in [0.2, 0.25) is 17.8 Å². The van der Waals surface area contributed by atoms with Crippen LogP contribution >= 0.6 is 11.6 Å². The zero-order valence-electron chi connectivity index (χ0n) is 19.1. The second-order valence-electron chi connectivity index (χ2n) is 9.25. The largest absolute Gasteiger partial charge is 0.424 e. The Kier molecular flexibility index (Phi) is 5.56. The molecule has 1 saturated heterocycles. The average molecular weight is 508 g/mol. The molecule has 36 heavy (non-hydrogen) atoms. The van der Waals surface area contributed by atoms with E-state index in [4.69, 9.17) is 16.3 Å². The van der Waals surface area contributed by atoms with Crippen LogP contribution in [0.25, 0.3) is 11.7 Å². The van der Waals surface area contributed by atoms with E-state index in [-0.39, 0.29) is 30.3 Å². The number of fused-ring (bicyclic) bond motifs is 1. The molecule has 12 heteroatoms. The van der Waals surface area contributed by atoms with Gasteiger partial charge in [-0.25, -0.2) is 0 Å². The molecule has 3 heterocycles. The molecule has 1 aliphatic heterocycles. The van der Waals surface area contributed by atoms with E-state index in [0.29, 0.717) is 51.5 Å². The highest BCUT2D eigenvalue weighted by Crippen LogP contribution is 2.34. The van der Waals surface area contributed by atoms with E-state index in [1.54, 1.807) is 30.5 Å². The summed E-state index contributed by atoms with van der Waals surface area (Å²) in [5, 5.41) is 13.1. The van der Waals surface area contributed by atoms with Gasteiger partial charge in [0.1, 0.15) is 5.75 Å². The van der Waals surface area contributed by atoms with E-state index in [0.717, 1.165) is 25.7 Å². The first kappa shape index (κ1) is 22.5. The number of rotatable bonds is 8. The minimum atomic E-state index is -0.430. The van der Waals surface area contributed by atoms with Crippen LogP contribution < -0.4 is 20.7 Å². The molecule has 0 spiro atoms. The second kappa shape index (κ2) is 8.90. The molecule has 0 unspecified atom stereocenters. The minimum Gasteiger partial charge on any atom is -0.424 e. The van der Waals surface area contributed by atoms with Gasteiger partial charge in [-0.1, -0.05) is 11.6 Å². The SMILES string of the molecule is O=C1C/C(=C\c2cnn3c(NC4CC4)nc(Oc4ccc(NC(=O)CC5CC5)c(Cl)c4)nc23)C(=O)N1. The molecule has 184 valence electrons. The molecule has 3 fully saturated rings. The zero-order chi connectivity index (χ0) is 24.8. The quantitative estimate of drug-likeness (QED) is 0.311. The van der Waals surface area contributed by atoms with E-state index in [1.165, 1.54) is 4.52 Å². The van der Waals surface area contributed by atoms with Gasteiger partial charge in [-0.05, 0) is 49.8 Å². The van der Waals surface area contributed by atoms with Crippen molar-refractivity contribution in [1.82, 2.24) is 24.9 Å². The molecule has 0 bridgehead atoms. The third-order valence-electron chi connectivity index (χ3n) is 6.11. The molecule has 3 aliphatic rings. The lowest BCUT2D eigenvalue weighted by molar-refractivity contribution is -0.124. The highest BCUT2D eigenvalue weighted by molar-refractivity contribution is 6.33. The van der Waals surface area contributed by atoms with Crippen LogP contribution in [0.4, 0.5) is 11.6 Å². The van der Waals surface area contributed by atoms with Gasteiger partial charge in [0.15, 0.2) is 5.65 Å². The van der Waals surface area contributed by atoms with Crippen molar-refractivity contribution in [1.29, 1.82) is 0 Å². The lowest BCUT2D eigenvalue weighted by Gasteiger charge is -2.11. The van der Waals surface area contributed by atoms with Crippen LogP contribution in [0.15, 0.2) is 30.0 Å². The number of amides is 3. The van der Waals surface area contributed by atoms with Crippen LogP contribution in [0.3, 0.4) is 0 Å². The molecule has 6 rings (SSSR count). The van der Waals surface area contributed by atoms with Crippen LogP contribution in [-0.2, 0) is 14.4 Å². The molecule has 3 amide bonds. The van der Waals surface area contributed by atoms with Crippen molar-refractivity contribution in [3.05, 3.63) is 40.6 Å². The van der Waals surface area contributed by atoms with Gasteiger partial charge in [-0.15, -0.1) is 0 Å². The highest BCUT2D eigenvalue weighted by atomic mass is 35.5. The topological polar surface area (TPSA) is 140 Å². The van der Waals surface area contributed by atoms with E-state index in [9.17, 15) is 14.4 Å². The lowest BCUT2D eigenvalue weighted by atomic mass is 10.1. The zero-order valence-corrected chi connectivity index (χ0v) is 19.8. The number of hydrogen-bond acceptors (Lipinski definition) is 8. The Balaban J connectivity index is 1.28. The third kappa shape index (κ3) is 4.87. The van der Waals surface area contributed by atoms with E-state index >= 15 is 0 Å². The summed E-state index contributed by atoms with van der Waals surface area (Å²) in [6, 6.07) is 5.28. The molecule has 2 aromatic heterocycles. The summed E-state index contributed by atoms with van der Waals surface area (Å²) in [5.74, 6) is 0.482. The predicted molar refractivity (Wildman–Crippen MR) is 131 cm³/mol. The Labute approximate surface area is 210 Å². The highest BCUT2D eigenvalue weighted by Gasteiger charge is 2.27. The maximum atomic E-state index is 12.1. The Morgan fingerprint density at radius 3 is 2.75 bits per heavy atom. The molecule has 3 aromatic rings. The number of halogens is 1. The van der Waals surface area contributed by atoms with E-state index < -0.39 is 5.91 Å². The summed E-state index contributed by atoms with van der Waals surface area (Å²) in [4.78, 5) is 44.7. The summed E-state index contributed by atoms with van der Waals surface area (Å²) >= 11 is 6.39. The minimum absolute atomic E-state index is 0.000161. The van der Waals surface area contributed by atoms with Gasteiger partial charge in [-0.3, -0.25) is 19.7 Å². The Morgan fingerprint density at radius 1 is 1.22 bits per heavy atom. The number of imide groups is 1. The number of nitrogens with zero attached hydrogens (tertiary/aromatic N) is 4. The Morgan fingerprint density at radius 2 is 2.06 bits per heavy atom. The number of aromatic nitrogens is 4. The fourth-order valence-electron chi connectivity index (χ4n) is 3.89. The molecule has 0 radical (unpaired) electrons. The van der Waals surface area contributed by atoms with Gasteiger partial charge < -0.3 is 15.4 Å². The number of ether oxygens (including phenoxy) is 1. The van der Waals surface area contributed by atoms with Crippen LogP contribution in [0.1, 0.15) is 44.1 Å². The Hall–Kier alpha value is -3.99. The van der Waals surface area contributed by atoms with E-state index in [1.807, 2.05) is 0 Å². The first-order valence-electron chi connectivity index (χ1n) is 11.8. The number of carbonyl (C=O) groups is 3. The standard InChI is InChI=1S/C24H22ClN7O4/c25-17-10-16(5-6-18(17)28-19(33)7-12-1-2-12)36-24-30-21-14(8-13-9-20(34)29-22(13)35)11-26-32(21)23(31-24)27-15-3-4-15/h5-6,8,10-12,15H,1-4,7,9H2,(H,28,33)(H,27,30,31)(H,29,34,35)/b13-8+. The van der Waals surface area contributed by atoms with E-state index in [2.05, 4.69) is 31.0 Å². The maximum Gasteiger partial charge on any atom is 0.327 e. The molecular weight excluding hydrogens is 486 g/mol. The van der Waals surface area contributed by atoms with Crippen LogP contribution in [0.5, 0.6) is 11.8 Å². The molecule has 2 saturated carbocycles. The fraction of sp³-hybridized carbons (Fsp3) is 0.333. The number of carbonyl (C=O) groups excluding carboxylic acids is 3. The molecule has 0 atom stereocenters. The van der Waals surface area contributed by atoms with Crippen LogP contribution in [0.2, 0.25) is 5.02 Å². The maximum absolute atomic E-state index is 12.1. The van der Waals surface area contributed by atoms with Gasteiger partial charge in [0.25, 0.3) is 5.91 Å². The smallest absolute Gasteiger partial charge is 0.327 e. The van der Waals surface area contributed by atoms with Gasteiger partial charge >= 0.3 is 6.01 Å². The summed E-state index contributed by atoms with van der Waals surface area (Å²) in [6.45, 7) is 0. The average Bonchev–Trinajstić information content (AvgIpc) is 3.75. The summed E-state index contributed by atoms with van der Waals surface area (Å²) in [6.07, 6.45) is 7.88. The van der Waals surface area contributed by atoms with Crippen molar-refractivity contribution in [3.8, 4) is 11.8 Å². The fourth-order valence-corrected chi connectivity index (χ4v) is 4.10. The third-order valence-corrected chi connectivity index (χ3v) is 6.42. The van der Waals surface area contributed by atoms with Crippen molar-refractivity contribution in [2.75, 3.05) is 10.6 Å². The summed E-state index contributed by atoms with van der Waals surface area (Å²) in [7, 11) is 0. The molecule has 11 nitrogen and oxygen atoms in total. The van der Waals surface area contributed by atoms with Crippen molar-refractivity contribution < 1.29 is 19.1 Å². The normalized spacial score (nSPS) is 18.5. The summed E-state index contributed by atoms with van der Waals surface area (Å²) in [5.41, 5.74) is 1.81. The number of hydrogen-bond donors (Lipinski definition) is 3. The predicted octanol–water partition coefficient (Wildman–Crippen LogP) is 3.31. The van der Waals surface area contributed by atoms with Crippen LogP contribution in [0, 0.1) is 5.92 Å². The number of anilines is 2. The van der Waals surface area contributed by atoms with Crippen molar-refractivity contribution in [2.24, 2.45) is 5.92 Å². The molecule has 1 aromatic carbocycles. The molecule has 2 aliphatic carbocycles. The van der Waals surface area contributed by atoms with Crippen molar-refractivity contribution in [2.45, 2.75) is 44.6 Å². The number of nitrogens with one attached hydrogen (secondary N) is 3. The van der Waals surface area contributed by atoms with Gasteiger partial charge in [0, 0.05) is 29.7 Å². The molecule has 3 N–H and O–H groups in total. The molecular formula is C24H22ClN7O4. The van der Waals surface area contributed by atoms with Gasteiger partial charge in [0.05, 0.1) is 23.3 Å². The van der Waals surface area contributed by atoms with Crippen molar-refractivity contribution >= 4 is 52.7 Å². The Bertz CT molecular complexity index is 1440. The van der Waals surface area contributed by atoms with Crippen molar-refractivity contribution in [3.63, 3.8) is 0 Å². The van der Waals surface area contributed by atoms with Gasteiger partial charge in [-0.2, -0.15) is 19.6 Å².